The third-order valence-electron chi connectivity index (χ3n) is 10.7. The van der Waals surface area contributed by atoms with E-state index in [-0.39, 0.29) is 0 Å². The van der Waals surface area contributed by atoms with Crippen LogP contribution in [0.3, 0.4) is 0 Å². The quantitative estimate of drug-likeness (QED) is 0.172. The zero-order valence-electron chi connectivity index (χ0n) is 30.2. The molecule has 56 heavy (non-hydrogen) atoms. The SMILES string of the molecule is c1ccc(-c2nc(-c3ccccc3)nc(-c3cccc(-c4ccc5c(c4)c4ccccc4n5-c4ccc(-c5cccc6c5oc5ccccc56)cc4)c3)n2)cc1. The molecule has 5 heteroatoms. The summed E-state index contributed by atoms with van der Waals surface area (Å²) < 4.78 is 8.73. The van der Waals surface area contributed by atoms with E-state index >= 15 is 0 Å². The molecule has 11 rings (SSSR count). The first kappa shape index (κ1) is 31.9. The van der Waals surface area contributed by atoms with Gasteiger partial charge in [0.05, 0.1) is 11.0 Å². The zero-order valence-corrected chi connectivity index (χ0v) is 30.2. The molecule has 8 aromatic carbocycles. The number of para-hydroxylation sites is 3. The Morgan fingerprint density at radius 3 is 1.62 bits per heavy atom. The van der Waals surface area contributed by atoms with Gasteiger partial charge in [0.15, 0.2) is 17.5 Å². The molecule has 0 atom stereocenters. The molecule has 3 aromatic heterocycles. The number of benzene rings is 8. The second-order valence-electron chi connectivity index (χ2n) is 14.0. The summed E-state index contributed by atoms with van der Waals surface area (Å²) in [5, 5.41) is 4.66. The average Bonchev–Trinajstić information content (AvgIpc) is 3.83. The minimum absolute atomic E-state index is 0.636. The van der Waals surface area contributed by atoms with Crippen LogP contribution in [0.25, 0.3) is 106 Å². The first-order chi connectivity index (χ1) is 27.7. The maximum atomic E-state index is 6.37. The van der Waals surface area contributed by atoms with E-state index < -0.39 is 0 Å². The normalized spacial score (nSPS) is 11.6. The summed E-state index contributed by atoms with van der Waals surface area (Å²) in [7, 11) is 0. The van der Waals surface area contributed by atoms with Crippen LogP contribution in [0.5, 0.6) is 0 Å². The molecule has 0 saturated carbocycles. The van der Waals surface area contributed by atoms with Crippen LogP contribution in [0.2, 0.25) is 0 Å². The Balaban J connectivity index is 0.990. The minimum atomic E-state index is 0.636. The number of aromatic nitrogens is 4. The van der Waals surface area contributed by atoms with Crippen LogP contribution in [-0.2, 0) is 0 Å². The Bertz CT molecular complexity index is 3180. The summed E-state index contributed by atoms with van der Waals surface area (Å²) in [5.74, 6) is 1.93. The predicted octanol–water partition coefficient (Wildman–Crippen LogP) is 13.2. The molecule has 5 nitrogen and oxygen atoms in total. The highest BCUT2D eigenvalue weighted by Gasteiger charge is 2.17. The number of fused-ring (bicyclic) bond motifs is 6. The van der Waals surface area contributed by atoms with E-state index in [0.29, 0.717) is 17.5 Å². The van der Waals surface area contributed by atoms with Crippen LogP contribution in [0, 0.1) is 0 Å². The predicted molar refractivity (Wildman–Crippen MR) is 229 cm³/mol. The van der Waals surface area contributed by atoms with Crippen molar-refractivity contribution in [2.24, 2.45) is 0 Å². The second kappa shape index (κ2) is 13.0. The summed E-state index contributed by atoms with van der Waals surface area (Å²) in [6, 6.07) is 67.5. The molecule has 0 amide bonds. The van der Waals surface area contributed by atoms with Gasteiger partial charge >= 0.3 is 0 Å². The third-order valence-corrected chi connectivity index (χ3v) is 10.7. The molecule has 0 fully saturated rings. The van der Waals surface area contributed by atoms with Gasteiger partial charge in [0.1, 0.15) is 11.2 Å². The van der Waals surface area contributed by atoms with Gasteiger partial charge in [-0.2, -0.15) is 0 Å². The van der Waals surface area contributed by atoms with Crippen LogP contribution in [-0.4, -0.2) is 19.5 Å². The highest BCUT2D eigenvalue weighted by Crippen LogP contribution is 2.38. The Morgan fingerprint density at radius 1 is 0.339 bits per heavy atom. The zero-order chi connectivity index (χ0) is 37.0. The van der Waals surface area contributed by atoms with Crippen LogP contribution < -0.4 is 0 Å². The van der Waals surface area contributed by atoms with Crippen molar-refractivity contribution in [3.05, 3.63) is 194 Å². The fourth-order valence-corrected chi connectivity index (χ4v) is 7.97. The van der Waals surface area contributed by atoms with Crippen LogP contribution in [0.1, 0.15) is 0 Å². The van der Waals surface area contributed by atoms with Gasteiger partial charge in [-0.15, -0.1) is 0 Å². The smallest absolute Gasteiger partial charge is 0.164 e. The Labute approximate surface area is 322 Å². The highest BCUT2D eigenvalue weighted by molar-refractivity contribution is 6.11. The van der Waals surface area contributed by atoms with Crippen molar-refractivity contribution in [3.63, 3.8) is 0 Å². The van der Waals surface area contributed by atoms with Crippen LogP contribution in [0.4, 0.5) is 0 Å². The summed E-state index contributed by atoms with van der Waals surface area (Å²) in [4.78, 5) is 14.8. The molecule has 0 bridgehead atoms. The number of nitrogens with zero attached hydrogens (tertiary/aromatic N) is 4. The van der Waals surface area contributed by atoms with E-state index in [1.54, 1.807) is 0 Å². The van der Waals surface area contributed by atoms with Crippen molar-refractivity contribution in [1.29, 1.82) is 0 Å². The lowest BCUT2D eigenvalue weighted by Crippen LogP contribution is -2.00. The van der Waals surface area contributed by atoms with Gasteiger partial charge in [0.2, 0.25) is 0 Å². The maximum Gasteiger partial charge on any atom is 0.164 e. The van der Waals surface area contributed by atoms with Crippen molar-refractivity contribution >= 4 is 43.7 Å². The molecule has 0 aliphatic heterocycles. The molecule has 11 aromatic rings. The molecule has 0 aliphatic carbocycles. The fourth-order valence-electron chi connectivity index (χ4n) is 7.97. The summed E-state index contributed by atoms with van der Waals surface area (Å²) in [6.45, 7) is 0. The van der Waals surface area contributed by atoms with Crippen molar-refractivity contribution < 1.29 is 4.42 Å². The van der Waals surface area contributed by atoms with E-state index in [0.717, 1.165) is 77.6 Å². The summed E-state index contributed by atoms with van der Waals surface area (Å²) in [6.07, 6.45) is 0. The van der Waals surface area contributed by atoms with Gasteiger partial charge in [-0.25, -0.2) is 15.0 Å². The average molecular weight is 717 g/mol. The van der Waals surface area contributed by atoms with Crippen molar-refractivity contribution in [2.45, 2.75) is 0 Å². The molecule has 0 aliphatic rings. The second-order valence-corrected chi connectivity index (χ2v) is 14.0. The molecule has 3 heterocycles. The standard InChI is InChI=1S/C51H32N4O/c1-3-13-34(14-4-1)49-52-50(35-15-5-2-6-16-35)54-51(53-49)38-18-11-17-36(31-38)37-27-30-46-44(32-37)41-19-7-9-23-45(41)55(46)39-28-25-33(26-29-39)40-21-12-22-43-42-20-8-10-24-47(42)56-48(40)43/h1-32H. The molecule has 0 N–H and O–H groups in total. The Hall–Kier alpha value is -7.63. The van der Waals surface area contributed by atoms with Gasteiger partial charge in [0.25, 0.3) is 0 Å². The topological polar surface area (TPSA) is 56.7 Å². The Morgan fingerprint density at radius 2 is 0.875 bits per heavy atom. The van der Waals surface area contributed by atoms with E-state index in [9.17, 15) is 0 Å². The number of furan rings is 1. The van der Waals surface area contributed by atoms with Crippen LogP contribution in [0.15, 0.2) is 199 Å². The van der Waals surface area contributed by atoms with E-state index in [2.05, 4.69) is 126 Å². The molecule has 0 unspecified atom stereocenters. The molecular formula is C51H32N4O. The maximum absolute atomic E-state index is 6.37. The van der Waals surface area contributed by atoms with Crippen LogP contribution >= 0.6 is 0 Å². The van der Waals surface area contributed by atoms with Gasteiger partial charge in [-0.3, -0.25) is 0 Å². The number of rotatable bonds is 6. The molecule has 0 saturated heterocycles. The lowest BCUT2D eigenvalue weighted by atomic mass is 10.0. The van der Waals surface area contributed by atoms with Gasteiger partial charge < -0.3 is 8.98 Å². The van der Waals surface area contributed by atoms with E-state index in [4.69, 9.17) is 19.4 Å². The fraction of sp³-hybridized carbons (Fsp3) is 0. The van der Waals surface area contributed by atoms with Gasteiger partial charge in [0, 0.05) is 49.5 Å². The number of hydrogen-bond acceptors (Lipinski definition) is 4. The molecule has 0 radical (unpaired) electrons. The van der Waals surface area contributed by atoms with E-state index in [1.165, 1.54) is 10.8 Å². The largest absolute Gasteiger partial charge is 0.455 e. The highest BCUT2D eigenvalue weighted by atomic mass is 16.3. The van der Waals surface area contributed by atoms with Gasteiger partial charge in [-0.05, 0) is 59.2 Å². The first-order valence-corrected chi connectivity index (χ1v) is 18.8. The summed E-state index contributed by atoms with van der Waals surface area (Å²) in [5.41, 5.74) is 12.5. The third kappa shape index (κ3) is 5.37. The first-order valence-electron chi connectivity index (χ1n) is 18.8. The summed E-state index contributed by atoms with van der Waals surface area (Å²) >= 11 is 0. The molecule has 0 spiro atoms. The monoisotopic (exact) mass is 716 g/mol. The van der Waals surface area contributed by atoms with Crippen molar-refractivity contribution in [2.75, 3.05) is 0 Å². The van der Waals surface area contributed by atoms with Crippen molar-refractivity contribution in [3.8, 4) is 62.1 Å². The lowest BCUT2D eigenvalue weighted by Gasteiger charge is -2.11. The Kier molecular flexibility index (Phi) is 7.42. The molecule has 262 valence electrons. The van der Waals surface area contributed by atoms with Crippen molar-refractivity contribution in [1.82, 2.24) is 19.5 Å². The van der Waals surface area contributed by atoms with E-state index in [1.807, 2.05) is 72.8 Å². The minimum Gasteiger partial charge on any atom is -0.455 e. The lowest BCUT2D eigenvalue weighted by molar-refractivity contribution is 0.670. The number of hydrogen-bond donors (Lipinski definition) is 0. The molecular weight excluding hydrogens is 685 g/mol. The van der Waals surface area contributed by atoms with Gasteiger partial charge in [-0.1, -0.05) is 152 Å².